The lowest BCUT2D eigenvalue weighted by molar-refractivity contribution is 0.0693. The number of hydrogen-bond acceptors (Lipinski definition) is 1. The molecule has 1 aromatic heterocycles. The van der Waals surface area contributed by atoms with Gasteiger partial charge in [-0.15, -0.1) is 0 Å². The molecule has 0 saturated carbocycles. The Bertz CT molecular complexity index is 714. The molecule has 0 aliphatic heterocycles. The lowest BCUT2D eigenvalue weighted by atomic mass is 10.1. The molecule has 0 aliphatic rings. The number of benzene rings is 2. The molecule has 2 aromatic carbocycles. The monoisotopic (exact) mass is 237 g/mol. The van der Waals surface area contributed by atoms with Crippen molar-refractivity contribution in [3.63, 3.8) is 0 Å². The molecular formula is C15H11NO2. The Morgan fingerprint density at radius 3 is 2.17 bits per heavy atom. The molecule has 0 spiro atoms. The zero-order valence-corrected chi connectivity index (χ0v) is 9.55. The largest absolute Gasteiger partial charge is 0.477 e. The summed E-state index contributed by atoms with van der Waals surface area (Å²) in [4.78, 5) is 14.2. The molecule has 0 fully saturated rings. The highest BCUT2D eigenvalue weighted by atomic mass is 16.4. The summed E-state index contributed by atoms with van der Waals surface area (Å²) in [5, 5.41) is 10.9. The van der Waals surface area contributed by atoms with Crippen LogP contribution in [0.1, 0.15) is 10.5 Å². The van der Waals surface area contributed by atoms with Gasteiger partial charge in [0.25, 0.3) is 0 Å². The molecule has 0 aliphatic carbocycles. The fraction of sp³-hybridized carbons (Fsp3) is 0. The van der Waals surface area contributed by atoms with Crippen molar-refractivity contribution in [1.29, 1.82) is 0 Å². The summed E-state index contributed by atoms with van der Waals surface area (Å²) in [5.74, 6) is -0.937. The van der Waals surface area contributed by atoms with Gasteiger partial charge in [-0.2, -0.15) is 0 Å². The van der Waals surface area contributed by atoms with Crippen molar-refractivity contribution in [2.75, 3.05) is 0 Å². The van der Waals surface area contributed by atoms with Crippen molar-refractivity contribution >= 4 is 16.7 Å². The van der Waals surface area contributed by atoms with Crippen molar-refractivity contribution in [2.45, 2.75) is 0 Å². The quantitative estimate of drug-likeness (QED) is 0.716. The van der Waals surface area contributed by atoms with Gasteiger partial charge in [0.05, 0.1) is 5.69 Å². The van der Waals surface area contributed by atoms with Gasteiger partial charge in [0.15, 0.2) is 0 Å². The molecule has 1 heterocycles. The summed E-state index contributed by atoms with van der Waals surface area (Å²) in [7, 11) is 0. The number of nitrogens with one attached hydrogen (secondary N) is 1. The normalized spacial score (nSPS) is 10.7. The Balaban J connectivity index is 2.34. The summed E-state index contributed by atoms with van der Waals surface area (Å²) in [5.41, 5.74) is 2.08. The van der Waals surface area contributed by atoms with Gasteiger partial charge in [-0.05, 0) is 5.56 Å². The second-order valence-electron chi connectivity index (χ2n) is 4.09. The van der Waals surface area contributed by atoms with Gasteiger partial charge in [-0.3, -0.25) is 0 Å². The molecule has 88 valence electrons. The van der Waals surface area contributed by atoms with E-state index in [0.717, 1.165) is 22.0 Å². The first-order chi connectivity index (χ1) is 8.77. The number of aromatic carboxylic acids is 1. The average molecular weight is 237 g/mol. The minimum atomic E-state index is -0.937. The van der Waals surface area contributed by atoms with Gasteiger partial charge in [-0.25, -0.2) is 4.79 Å². The van der Waals surface area contributed by atoms with Crippen molar-refractivity contribution in [1.82, 2.24) is 4.98 Å². The molecule has 18 heavy (non-hydrogen) atoms. The molecule has 0 atom stereocenters. The first-order valence-electron chi connectivity index (χ1n) is 5.67. The Morgan fingerprint density at radius 1 is 0.889 bits per heavy atom. The first kappa shape index (κ1) is 10.6. The summed E-state index contributed by atoms with van der Waals surface area (Å²) >= 11 is 0. The second-order valence-corrected chi connectivity index (χ2v) is 4.09. The zero-order valence-electron chi connectivity index (χ0n) is 9.55. The number of carboxylic acid groups (broad SMARTS) is 1. The van der Waals surface area contributed by atoms with Gasteiger partial charge in [-0.1, -0.05) is 54.6 Å². The number of rotatable bonds is 2. The van der Waals surface area contributed by atoms with E-state index in [4.69, 9.17) is 0 Å². The number of carboxylic acids is 1. The molecule has 0 saturated heterocycles. The minimum absolute atomic E-state index is 0.240. The van der Waals surface area contributed by atoms with E-state index in [1.54, 1.807) is 0 Å². The maximum Gasteiger partial charge on any atom is 0.352 e. The van der Waals surface area contributed by atoms with Crippen LogP contribution in [-0.4, -0.2) is 16.1 Å². The predicted molar refractivity (Wildman–Crippen MR) is 70.7 cm³/mol. The number of aromatic nitrogens is 1. The maximum absolute atomic E-state index is 11.2. The molecule has 2 N–H and O–H groups in total. The third-order valence-electron chi connectivity index (χ3n) is 2.99. The van der Waals surface area contributed by atoms with Crippen LogP contribution < -0.4 is 0 Å². The lowest BCUT2D eigenvalue weighted by Gasteiger charge is -1.98. The van der Waals surface area contributed by atoms with E-state index < -0.39 is 5.97 Å². The average Bonchev–Trinajstić information content (AvgIpc) is 2.79. The van der Waals surface area contributed by atoms with E-state index in [1.165, 1.54) is 0 Å². The van der Waals surface area contributed by atoms with Crippen molar-refractivity contribution in [3.05, 3.63) is 60.3 Å². The smallest absolute Gasteiger partial charge is 0.352 e. The highest BCUT2D eigenvalue weighted by Crippen LogP contribution is 2.30. The second kappa shape index (κ2) is 4.04. The Kier molecular flexibility index (Phi) is 2.38. The molecule has 3 rings (SSSR count). The van der Waals surface area contributed by atoms with E-state index in [0.29, 0.717) is 0 Å². The Morgan fingerprint density at radius 2 is 1.50 bits per heavy atom. The van der Waals surface area contributed by atoms with Crippen LogP contribution in [0.25, 0.3) is 22.0 Å². The van der Waals surface area contributed by atoms with E-state index >= 15 is 0 Å². The van der Waals surface area contributed by atoms with Gasteiger partial charge in [0, 0.05) is 10.8 Å². The third-order valence-corrected chi connectivity index (χ3v) is 2.99. The van der Waals surface area contributed by atoms with Crippen LogP contribution in [0, 0.1) is 0 Å². The van der Waals surface area contributed by atoms with Crippen LogP contribution in [0.4, 0.5) is 0 Å². The summed E-state index contributed by atoms with van der Waals surface area (Å²) < 4.78 is 0. The van der Waals surface area contributed by atoms with E-state index in [9.17, 15) is 9.90 Å². The summed E-state index contributed by atoms with van der Waals surface area (Å²) in [6, 6.07) is 17.2. The van der Waals surface area contributed by atoms with E-state index in [2.05, 4.69) is 4.98 Å². The third kappa shape index (κ3) is 1.57. The summed E-state index contributed by atoms with van der Waals surface area (Å²) in [6.45, 7) is 0. The van der Waals surface area contributed by atoms with Crippen LogP contribution in [0.3, 0.4) is 0 Å². The van der Waals surface area contributed by atoms with Crippen LogP contribution in [0.15, 0.2) is 54.6 Å². The number of H-pyrrole nitrogens is 1. The topological polar surface area (TPSA) is 53.1 Å². The van der Waals surface area contributed by atoms with Crippen LogP contribution >= 0.6 is 0 Å². The Hall–Kier alpha value is -2.55. The highest BCUT2D eigenvalue weighted by molar-refractivity contribution is 6.08. The minimum Gasteiger partial charge on any atom is -0.477 e. The van der Waals surface area contributed by atoms with Crippen LogP contribution in [-0.2, 0) is 0 Å². The molecule has 0 bridgehead atoms. The van der Waals surface area contributed by atoms with Crippen LogP contribution in [0.2, 0.25) is 0 Å². The molecule has 0 amide bonds. The van der Waals surface area contributed by atoms with E-state index in [1.807, 2.05) is 54.6 Å². The molecule has 0 unspecified atom stereocenters. The van der Waals surface area contributed by atoms with Crippen molar-refractivity contribution < 1.29 is 9.90 Å². The standard InChI is InChI=1S/C15H11NO2/c17-15(18)14-12-9-5-4-8-11(12)13(16-14)10-6-2-1-3-7-10/h1-9,16H,(H,17,18). The fourth-order valence-corrected chi connectivity index (χ4v) is 2.18. The lowest BCUT2D eigenvalue weighted by Crippen LogP contribution is -1.96. The highest BCUT2D eigenvalue weighted by Gasteiger charge is 2.15. The number of hydrogen-bond donors (Lipinski definition) is 2. The molecule has 3 nitrogen and oxygen atoms in total. The molecule has 0 radical (unpaired) electrons. The SMILES string of the molecule is O=C(O)c1[nH]c(-c2ccccc2)c2ccccc12. The molecule has 3 aromatic rings. The predicted octanol–water partition coefficient (Wildman–Crippen LogP) is 3.53. The fourth-order valence-electron chi connectivity index (χ4n) is 2.18. The van der Waals surface area contributed by atoms with Crippen molar-refractivity contribution in [3.8, 4) is 11.3 Å². The zero-order chi connectivity index (χ0) is 12.5. The number of fused-ring (bicyclic) bond motifs is 1. The van der Waals surface area contributed by atoms with Gasteiger partial charge in [0.1, 0.15) is 5.69 Å². The Labute approximate surface area is 104 Å². The van der Waals surface area contributed by atoms with Crippen LogP contribution in [0.5, 0.6) is 0 Å². The van der Waals surface area contributed by atoms with Gasteiger partial charge >= 0.3 is 5.97 Å². The van der Waals surface area contributed by atoms with Gasteiger partial charge in [0.2, 0.25) is 0 Å². The first-order valence-corrected chi connectivity index (χ1v) is 5.67. The van der Waals surface area contributed by atoms with E-state index in [-0.39, 0.29) is 5.69 Å². The molecular weight excluding hydrogens is 226 g/mol. The van der Waals surface area contributed by atoms with Gasteiger partial charge < -0.3 is 10.1 Å². The number of carbonyl (C=O) groups is 1. The summed E-state index contributed by atoms with van der Waals surface area (Å²) in [6.07, 6.45) is 0. The van der Waals surface area contributed by atoms with Crippen molar-refractivity contribution in [2.24, 2.45) is 0 Å². The maximum atomic E-state index is 11.2. The molecule has 3 heteroatoms. The number of aromatic amines is 1.